The Morgan fingerprint density at radius 1 is 1.14 bits per heavy atom. The standard InChI is InChI=1S/C22H32N2O4/c1-5-18-8-6-7-13-24(18)19(25)15-28-20(26)14-23-21(27)16-9-11-17(12-10-16)22(2,3)4/h9-12,18H,5-8,13-15H2,1-4H3,(H,23,27)/t18-/m1/s1. The monoisotopic (exact) mass is 388 g/mol. The number of nitrogens with one attached hydrogen (secondary N) is 1. The third kappa shape index (κ3) is 6.08. The van der Waals surface area contributed by atoms with E-state index in [0.717, 1.165) is 37.8 Å². The van der Waals surface area contributed by atoms with Crippen LogP contribution in [0.15, 0.2) is 24.3 Å². The van der Waals surface area contributed by atoms with Gasteiger partial charge in [-0.1, -0.05) is 39.8 Å². The molecule has 1 aromatic rings. The van der Waals surface area contributed by atoms with Crippen molar-refractivity contribution in [2.24, 2.45) is 0 Å². The van der Waals surface area contributed by atoms with Gasteiger partial charge < -0.3 is 15.0 Å². The number of nitrogens with zero attached hydrogens (tertiary/aromatic N) is 1. The lowest BCUT2D eigenvalue weighted by Crippen LogP contribution is -2.45. The highest BCUT2D eigenvalue weighted by Crippen LogP contribution is 2.22. The van der Waals surface area contributed by atoms with Gasteiger partial charge in [-0.2, -0.15) is 0 Å². The first kappa shape index (κ1) is 21.9. The molecule has 1 atom stereocenters. The maximum absolute atomic E-state index is 12.3. The highest BCUT2D eigenvalue weighted by atomic mass is 16.5. The highest BCUT2D eigenvalue weighted by molar-refractivity contribution is 5.96. The molecule has 6 nitrogen and oxygen atoms in total. The predicted molar refractivity (Wildman–Crippen MR) is 108 cm³/mol. The lowest BCUT2D eigenvalue weighted by atomic mass is 9.87. The lowest BCUT2D eigenvalue weighted by Gasteiger charge is -2.35. The van der Waals surface area contributed by atoms with E-state index in [2.05, 4.69) is 33.0 Å². The van der Waals surface area contributed by atoms with Crippen LogP contribution >= 0.6 is 0 Å². The van der Waals surface area contributed by atoms with Crippen molar-refractivity contribution in [3.05, 3.63) is 35.4 Å². The van der Waals surface area contributed by atoms with E-state index in [1.165, 1.54) is 0 Å². The topological polar surface area (TPSA) is 75.7 Å². The van der Waals surface area contributed by atoms with Crippen molar-refractivity contribution >= 4 is 17.8 Å². The first-order chi connectivity index (χ1) is 13.2. The largest absolute Gasteiger partial charge is 0.454 e. The summed E-state index contributed by atoms with van der Waals surface area (Å²) in [7, 11) is 0. The van der Waals surface area contributed by atoms with Gasteiger partial charge in [-0.15, -0.1) is 0 Å². The molecule has 0 bridgehead atoms. The summed E-state index contributed by atoms with van der Waals surface area (Å²) in [5, 5.41) is 2.54. The van der Waals surface area contributed by atoms with E-state index in [9.17, 15) is 14.4 Å². The highest BCUT2D eigenvalue weighted by Gasteiger charge is 2.26. The van der Waals surface area contributed by atoms with Crippen molar-refractivity contribution < 1.29 is 19.1 Å². The number of carbonyl (C=O) groups is 3. The van der Waals surface area contributed by atoms with Crippen molar-refractivity contribution in [3.8, 4) is 0 Å². The van der Waals surface area contributed by atoms with Crippen molar-refractivity contribution in [2.45, 2.75) is 64.8 Å². The molecule has 0 saturated carbocycles. The number of benzene rings is 1. The molecule has 2 rings (SSSR count). The molecule has 0 unspecified atom stereocenters. The number of piperidine rings is 1. The van der Waals surface area contributed by atoms with Crippen LogP contribution in [-0.4, -0.2) is 48.4 Å². The molecule has 1 saturated heterocycles. The van der Waals surface area contributed by atoms with Crippen LogP contribution in [0.3, 0.4) is 0 Å². The SMILES string of the molecule is CC[C@@H]1CCCCN1C(=O)COC(=O)CNC(=O)c1ccc(C(C)(C)C)cc1. The Labute approximate surface area is 167 Å². The molecule has 1 N–H and O–H groups in total. The smallest absolute Gasteiger partial charge is 0.325 e. The second-order valence-corrected chi connectivity index (χ2v) is 8.32. The van der Waals surface area contributed by atoms with Gasteiger partial charge in [0.2, 0.25) is 0 Å². The third-order valence-corrected chi connectivity index (χ3v) is 5.18. The quantitative estimate of drug-likeness (QED) is 0.760. The number of amides is 2. The minimum absolute atomic E-state index is 0.0104. The Bertz CT molecular complexity index is 691. The first-order valence-electron chi connectivity index (χ1n) is 10.1. The van der Waals surface area contributed by atoms with E-state index < -0.39 is 5.97 Å². The molecule has 1 fully saturated rings. The van der Waals surface area contributed by atoms with Crippen LogP contribution in [0.1, 0.15) is 69.3 Å². The van der Waals surface area contributed by atoms with Crippen molar-refractivity contribution in [3.63, 3.8) is 0 Å². The van der Waals surface area contributed by atoms with Crippen LogP contribution in [-0.2, 0) is 19.7 Å². The van der Waals surface area contributed by atoms with Gasteiger partial charge in [0.05, 0.1) is 0 Å². The number of esters is 1. The van der Waals surface area contributed by atoms with Crippen molar-refractivity contribution in [1.82, 2.24) is 10.2 Å². The Hall–Kier alpha value is -2.37. The van der Waals surface area contributed by atoms with Crippen LogP contribution in [0.4, 0.5) is 0 Å². The maximum Gasteiger partial charge on any atom is 0.325 e. The zero-order valence-electron chi connectivity index (χ0n) is 17.4. The lowest BCUT2D eigenvalue weighted by molar-refractivity contribution is -0.152. The van der Waals surface area contributed by atoms with Crippen LogP contribution in [0.5, 0.6) is 0 Å². The molecule has 1 aromatic carbocycles. The molecule has 0 aliphatic carbocycles. The summed E-state index contributed by atoms with van der Waals surface area (Å²) in [6.07, 6.45) is 4.02. The van der Waals surface area contributed by atoms with Gasteiger partial charge in [-0.05, 0) is 48.8 Å². The molecular weight excluding hydrogens is 356 g/mol. The zero-order valence-corrected chi connectivity index (χ0v) is 17.4. The molecule has 154 valence electrons. The van der Waals surface area contributed by atoms with Gasteiger partial charge in [0.25, 0.3) is 11.8 Å². The van der Waals surface area contributed by atoms with Crippen molar-refractivity contribution in [2.75, 3.05) is 19.7 Å². The third-order valence-electron chi connectivity index (χ3n) is 5.18. The van der Waals surface area contributed by atoms with Crippen molar-refractivity contribution in [1.29, 1.82) is 0 Å². The normalized spacial score (nSPS) is 17.1. The zero-order chi connectivity index (χ0) is 20.7. The summed E-state index contributed by atoms with van der Waals surface area (Å²) in [5.41, 5.74) is 1.62. The summed E-state index contributed by atoms with van der Waals surface area (Å²) in [6, 6.07) is 7.54. The molecule has 1 aliphatic heterocycles. The van der Waals surface area contributed by atoms with Crippen LogP contribution < -0.4 is 5.32 Å². The second kappa shape index (κ2) is 9.71. The summed E-state index contributed by atoms with van der Waals surface area (Å²) >= 11 is 0. The minimum Gasteiger partial charge on any atom is -0.454 e. The molecule has 6 heteroatoms. The average molecular weight is 389 g/mol. The Morgan fingerprint density at radius 2 is 1.82 bits per heavy atom. The number of ether oxygens (including phenoxy) is 1. The minimum atomic E-state index is -0.613. The average Bonchev–Trinajstić information content (AvgIpc) is 2.69. The van der Waals surface area contributed by atoms with E-state index in [0.29, 0.717) is 5.56 Å². The fraction of sp³-hybridized carbons (Fsp3) is 0.591. The van der Waals surface area contributed by atoms with E-state index in [-0.39, 0.29) is 36.4 Å². The van der Waals surface area contributed by atoms with Gasteiger partial charge in [0.15, 0.2) is 6.61 Å². The Morgan fingerprint density at radius 3 is 2.43 bits per heavy atom. The number of rotatable bonds is 6. The summed E-state index contributed by atoms with van der Waals surface area (Å²) in [5.74, 6) is -1.12. The van der Waals surface area contributed by atoms with Gasteiger partial charge in [0.1, 0.15) is 6.54 Å². The fourth-order valence-corrected chi connectivity index (χ4v) is 3.41. The maximum atomic E-state index is 12.3. The van der Waals surface area contributed by atoms with Crippen LogP contribution in [0.25, 0.3) is 0 Å². The fourth-order valence-electron chi connectivity index (χ4n) is 3.41. The Balaban J connectivity index is 1.77. The van der Waals surface area contributed by atoms with E-state index in [1.807, 2.05) is 17.0 Å². The van der Waals surface area contributed by atoms with E-state index >= 15 is 0 Å². The van der Waals surface area contributed by atoms with E-state index in [4.69, 9.17) is 4.74 Å². The van der Waals surface area contributed by atoms with Gasteiger partial charge >= 0.3 is 5.97 Å². The first-order valence-corrected chi connectivity index (χ1v) is 10.1. The molecule has 1 aliphatic rings. The number of likely N-dealkylation sites (tertiary alicyclic amines) is 1. The van der Waals surface area contributed by atoms with Crippen LogP contribution in [0, 0.1) is 0 Å². The van der Waals surface area contributed by atoms with Crippen LogP contribution in [0.2, 0.25) is 0 Å². The molecule has 28 heavy (non-hydrogen) atoms. The molecule has 0 radical (unpaired) electrons. The van der Waals surface area contributed by atoms with Gasteiger partial charge in [0, 0.05) is 18.2 Å². The summed E-state index contributed by atoms with van der Waals surface area (Å²) in [4.78, 5) is 38.2. The van der Waals surface area contributed by atoms with Gasteiger partial charge in [-0.3, -0.25) is 14.4 Å². The number of hydrogen-bond donors (Lipinski definition) is 1. The molecule has 1 heterocycles. The molecular formula is C22H32N2O4. The summed E-state index contributed by atoms with van der Waals surface area (Å²) in [6.45, 7) is 8.56. The number of carbonyl (C=O) groups excluding carboxylic acids is 3. The van der Waals surface area contributed by atoms with E-state index in [1.54, 1.807) is 12.1 Å². The van der Waals surface area contributed by atoms with Gasteiger partial charge in [-0.25, -0.2) is 0 Å². The summed E-state index contributed by atoms with van der Waals surface area (Å²) < 4.78 is 5.06. The number of hydrogen-bond acceptors (Lipinski definition) is 4. The second-order valence-electron chi connectivity index (χ2n) is 8.32. The predicted octanol–water partition coefficient (Wildman–Crippen LogP) is 3.05. The molecule has 0 spiro atoms. The molecule has 0 aromatic heterocycles. The Kier molecular flexibility index (Phi) is 7.61. The molecule has 2 amide bonds.